The predicted molar refractivity (Wildman–Crippen MR) is 130 cm³/mol. The molecule has 0 unspecified atom stereocenters. The van der Waals surface area contributed by atoms with Gasteiger partial charge in [0.25, 0.3) is 10.1 Å². The molecule has 0 aliphatic heterocycles. The maximum atomic E-state index is 11.9. The maximum absolute atomic E-state index is 11.9. The van der Waals surface area contributed by atoms with Gasteiger partial charge in [-0.1, -0.05) is 12.1 Å². The Morgan fingerprint density at radius 1 is 1.18 bits per heavy atom. The Morgan fingerprint density at radius 2 is 1.94 bits per heavy atom. The van der Waals surface area contributed by atoms with Crippen molar-refractivity contribution in [2.75, 3.05) is 12.9 Å². The number of carbonyl (C=O) groups is 1. The third kappa shape index (κ3) is 7.53. The van der Waals surface area contributed by atoms with Crippen LogP contribution < -0.4 is 5.32 Å². The third-order valence-corrected chi connectivity index (χ3v) is 5.65. The molecule has 2 aromatic heterocycles. The van der Waals surface area contributed by atoms with Gasteiger partial charge >= 0.3 is 6.09 Å². The molecule has 184 valence electrons. The lowest BCUT2D eigenvalue weighted by Gasteiger charge is -2.20. The largest absolute Gasteiger partial charge is 0.444 e. The number of rotatable bonds is 9. The van der Waals surface area contributed by atoms with Crippen molar-refractivity contribution in [3.63, 3.8) is 0 Å². The first-order valence-corrected chi connectivity index (χ1v) is 13.0. The highest BCUT2D eigenvalue weighted by Crippen LogP contribution is 2.26. The van der Waals surface area contributed by atoms with E-state index in [0.29, 0.717) is 13.0 Å². The highest BCUT2D eigenvalue weighted by molar-refractivity contribution is 7.85. The zero-order valence-electron chi connectivity index (χ0n) is 20.3. The first kappa shape index (κ1) is 25.6. The van der Waals surface area contributed by atoms with Gasteiger partial charge in [0.1, 0.15) is 11.9 Å². The average Bonchev–Trinajstić information content (AvgIpc) is 3.13. The molecule has 0 radical (unpaired) electrons. The van der Waals surface area contributed by atoms with E-state index in [1.807, 2.05) is 52.1 Å². The second-order valence-corrected chi connectivity index (χ2v) is 10.9. The van der Waals surface area contributed by atoms with Crippen LogP contribution in [0, 0.1) is 6.92 Å². The Kier molecular flexibility index (Phi) is 7.93. The van der Waals surface area contributed by atoms with Gasteiger partial charge in [-0.15, -0.1) is 0 Å². The van der Waals surface area contributed by atoms with Gasteiger partial charge in [0, 0.05) is 18.3 Å². The second-order valence-electron chi connectivity index (χ2n) is 9.27. The van der Waals surface area contributed by atoms with E-state index in [0.717, 1.165) is 52.6 Å². The number of aryl methyl sites for hydroxylation is 2. The standard InChI is InChI=1S/C24H32N4O5S/c1-17-12-19(9-10-20(17)14-25-23(29)33-24(2,3)4)22-21-13-18(15-28(21)27-16-26-22)8-6-7-11-32-34(5,30)31/h9-10,12-13,15-16H,6-8,11,14H2,1-5H3,(H,25,29). The molecule has 1 N–H and O–H groups in total. The summed E-state index contributed by atoms with van der Waals surface area (Å²) in [5, 5.41) is 7.11. The van der Waals surface area contributed by atoms with Gasteiger partial charge in [-0.2, -0.15) is 13.5 Å². The molecular weight excluding hydrogens is 456 g/mol. The van der Waals surface area contributed by atoms with E-state index < -0.39 is 21.8 Å². The van der Waals surface area contributed by atoms with Gasteiger partial charge in [-0.3, -0.25) is 4.18 Å². The molecule has 9 nitrogen and oxygen atoms in total. The molecule has 34 heavy (non-hydrogen) atoms. The van der Waals surface area contributed by atoms with Crippen molar-refractivity contribution in [2.24, 2.45) is 0 Å². The number of aromatic nitrogens is 3. The van der Waals surface area contributed by atoms with Crippen molar-refractivity contribution < 1.29 is 22.1 Å². The van der Waals surface area contributed by atoms with E-state index in [1.165, 1.54) is 6.33 Å². The van der Waals surface area contributed by atoms with E-state index in [-0.39, 0.29) is 6.61 Å². The summed E-state index contributed by atoms with van der Waals surface area (Å²) >= 11 is 0. The number of fused-ring (bicyclic) bond motifs is 1. The Bertz CT molecular complexity index is 1260. The molecule has 10 heteroatoms. The second kappa shape index (κ2) is 10.5. The lowest BCUT2D eigenvalue weighted by Crippen LogP contribution is -2.32. The summed E-state index contributed by atoms with van der Waals surface area (Å²) in [7, 11) is -3.40. The fraction of sp³-hybridized carbons (Fsp3) is 0.458. The van der Waals surface area contributed by atoms with Crippen LogP contribution in [0.2, 0.25) is 0 Å². The fourth-order valence-electron chi connectivity index (χ4n) is 3.51. The highest BCUT2D eigenvalue weighted by Gasteiger charge is 2.16. The van der Waals surface area contributed by atoms with Crippen LogP contribution in [0.25, 0.3) is 16.8 Å². The molecular formula is C24H32N4O5S. The minimum Gasteiger partial charge on any atom is -0.444 e. The zero-order valence-corrected chi connectivity index (χ0v) is 21.1. The van der Waals surface area contributed by atoms with Crippen LogP contribution >= 0.6 is 0 Å². The van der Waals surface area contributed by atoms with Crippen molar-refractivity contribution in [2.45, 2.75) is 59.1 Å². The van der Waals surface area contributed by atoms with Crippen LogP contribution in [0.3, 0.4) is 0 Å². The number of hydrogen-bond acceptors (Lipinski definition) is 7. The smallest absolute Gasteiger partial charge is 0.407 e. The minimum atomic E-state index is -3.40. The zero-order chi connectivity index (χ0) is 24.9. The number of benzene rings is 1. The predicted octanol–water partition coefficient (Wildman–Crippen LogP) is 4.03. The summed E-state index contributed by atoms with van der Waals surface area (Å²) in [5.74, 6) is 0. The summed E-state index contributed by atoms with van der Waals surface area (Å²) in [4.78, 5) is 16.5. The Balaban J connectivity index is 1.68. The number of amides is 1. The van der Waals surface area contributed by atoms with Gasteiger partial charge < -0.3 is 10.1 Å². The van der Waals surface area contributed by atoms with Crippen LogP contribution in [0.15, 0.2) is 36.8 Å². The minimum absolute atomic E-state index is 0.186. The Labute approximate surface area is 200 Å². The van der Waals surface area contributed by atoms with Crippen molar-refractivity contribution in [1.82, 2.24) is 19.9 Å². The van der Waals surface area contributed by atoms with Gasteiger partial charge in [-0.25, -0.2) is 14.3 Å². The highest BCUT2D eigenvalue weighted by atomic mass is 32.2. The monoisotopic (exact) mass is 488 g/mol. The molecule has 0 aliphatic carbocycles. The molecule has 0 spiro atoms. The molecule has 3 aromatic rings. The van der Waals surface area contributed by atoms with Crippen molar-refractivity contribution in [3.05, 3.63) is 53.5 Å². The summed E-state index contributed by atoms with van der Waals surface area (Å²) in [6.45, 7) is 8.04. The van der Waals surface area contributed by atoms with Gasteiger partial charge in [0.2, 0.25) is 0 Å². The van der Waals surface area contributed by atoms with Crippen LogP contribution in [0.1, 0.15) is 50.3 Å². The molecule has 0 aliphatic rings. The summed E-state index contributed by atoms with van der Waals surface area (Å²) < 4.78 is 34.0. The van der Waals surface area contributed by atoms with E-state index in [9.17, 15) is 13.2 Å². The molecule has 0 saturated carbocycles. The number of ether oxygens (including phenoxy) is 1. The lowest BCUT2D eigenvalue weighted by molar-refractivity contribution is 0.0523. The lowest BCUT2D eigenvalue weighted by atomic mass is 10.0. The Hall–Kier alpha value is -2.98. The molecule has 3 rings (SSSR count). The van der Waals surface area contributed by atoms with Gasteiger partial charge in [0.05, 0.1) is 24.1 Å². The maximum Gasteiger partial charge on any atom is 0.407 e. The average molecular weight is 489 g/mol. The van der Waals surface area contributed by atoms with Crippen molar-refractivity contribution >= 4 is 21.7 Å². The van der Waals surface area contributed by atoms with E-state index in [2.05, 4.69) is 21.5 Å². The van der Waals surface area contributed by atoms with Crippen LogP contribution in [0.5, 0.6) is 0 Å². The van der Waals surface area contributed by atoms with Crippen LogP contribution in [-0.2, 0) is 32.0 Å². The summed E-state index contributed by atoms with van der Waals surface area (Å²) in [6, 6.07) is 8.06. The van der Waals surface area contributed by atoms with E-state index in [4.69, 9.17) is 8.92 Å². The van der Waals surface area contributed by atoms with Crippen LogP contribution in [-0.4, -0.2) is 47.6 Å². The summed E-state index contributed by atoms with van der Waals surface area (Å²) in [5.41, 5.74) is 5.24. The summed E-state index contributed by atoms with van der Waals surface area (Å²) in [6.07, 6.45) is 6.33. The van der Waals surface area contributed by atoms with Crippen molar-refractivity contribution in [1.29, 1.82) is 0 Å². The first-order valence-electron chi connectivity index (χ1n) is 11.1. The molecule has 0 saturated heterocycles. The molecule has 2 heterocycles. The van der Waals surface area contributed by atoms with E-state index in [1.54, 1.807) is 4.52 Å². The number of alkyl carbamates (subject to hydrolysis) is 1. The van der Waals surface area contributed by atoms with Gasteiger partial charge in [0.15, 0.2) is 0 Å². The normalized spacial score (nSPS) is 12.1. The number of nitrogens with zero attached hydrogens (tertiary/aromatic N) is 3. The van der Waals surface area contributed by atoms with E-state index >= 15 is 0 Å². The quantitative estimate of drug-likeness (QED) is 0.357. The van der Waals surface area contributed by atoms with Crippen LogP contribution in [0.4, 0.5) is 4.79 Å². The number of carbonyl (C=O) groups excluding carboxylic acids is 1. The molecule has 0 atom stereocenters. The fourth-order valence-corrected chi connectivity index (χ4v) is 3.93. The van der Waals surface area contributed by atoms with Gasteiger partial charge in [-0.05, 0) is 75.8 Å². The molecule has 1 amide bonds. The Morgan fingerprint density at radius 3 is 2.62 bits per heavy atom. The molecule has 0 bridgehead atoms. The van der Waals surface area contributed by atoms with Crippen molar-refractivity contribution in [3.8, 4) is 11.3 Å². The molecule has 0 fully saturated rings. The molecule has 1 aromatic carbocycles. The number of hydrogen-bond donors (Lipinski definition) is 1. The number of nitrogens with one attached hydrogen (secondary N) is 1. The number of unbranched alkanes of at least 4 members (excludes halogenated alkanes) is 1. The third-order valence-electron chi connectivity index (χ3n) is 5.06. The first-order chi connectivity index (χ1) is 15.9. The SMILES string of the molecule is Cc1cc(-c2ncnn3cc(CCCCOS(C)(=O)=O)cc23)ccc1CNC(=O)OC(C)(C)C. The topological polar surface area (TPSA) is 112 Å².